The average Bonchev–Trinajstić information content (AvgIpc) is 3.24. The number of nitrogens with zero attached hydrogens (tertiary/aromatic N) is 3. The van der Waals surface area contributed by atoms with Crippen LogP contribution >= 0.6 is 0 Å². The molecule has 27 heavy (non-hydrogen) atoms. The van der Waals surface area contributed by atoms with Crippen molar-refractivity contribution < 1.29 is 19.4 Å². The Morgan fingerprint density at radius 1 is 1.30 bits per heavy atom. The number of carboxylic acid groups (broad SMARTS) is 1. The molecule has 0 radical (unpaired) electrons. The van der Waals surface area contributed by atoms with Gasteiger partial charge in [-0.3, -0.25) is 9.59 Å². The summed E-state index contributed by atoms with van der Waals surface area (Å²) >= 11 is 0. The van der Waals surface area contributed by atoms with Gasteiger partial charge in [0.15, 0.2) is 5.69 Å². The normalized spacial score (nSPS) is 19.1. The number of rotatable bonds is 4. The SMILES string of the molecule is Cc1ccccc1-n1nc(C(=O)N2CCOC(CC(=O)O)C2)c2c1CCC2. The topological polar surface area (TPSA) is 84.7 Å². The Morgan fingerprint density at radius 3 is 2.89 bits per heavy atom. The van der Waals surface area contributed by atoms with Crippen molar-refractivity contribution in [3.05, 3.63) is 46.8 Å². The van der Waals surface area contributed by atoms with Crippen molar-refractivity contribution in [3.8, 4) is 5.69 Å². The maximum absolute atomic E-state index is 13.2. The molecule has 1 aromatic carbocycles. The Kier molecular flexibility index (Phi) is 4.70. The molecule has 2 aliphatic rings. The van der Waals surface area contributed by atoms with Crippen LogP contribution in [0.15, 0.2) is 24.3 Å². The summed E-state index contributed by atoms with van der Waals surface area (Å²) in [5.41, 5.74) is 4.76. The number of hydrogen-bond acceptors (Lipinski definition) is 4. The number of aliphatic carboxylic acids is 1. The van der Waals surface area contributed by atoms with Gasteiger partial charge in [-0.2, -0.15) is 5.10 Å². The summed E-state index contributed by atoms with van der Waals surface area (Å²) in [6.07, 6.45) is 2.22. The number of aromatic nitrogens is 2. The molecule has 2 heterocycles. The minimum atomic E-state index is -0.918. The first-order valence-corrected chi connectivity index (χ1v) is 9.34. The average molecular weight is 369 g/mol. The van der Waals surface area contributed by atoms with Gasteiger partial charge in [-0.15, -0.1) is 0 Å². The summed E-state index contributed by atoms with van der Waals surface area (Å²) in [5, 5.41) is 13.7. The van der Waals surface area contributed by atoms with Crippen molar-refractivity contribution in [3.63, 3.8) is 0 Å². The molecule has 4 rings (SSSR count). The number of benzene rings is 1. The largest absolute Gasteiger partial charge is 0.481 e. The first-order valence-electron chi connectivity index (χ1n) is 9.34. The third kappa shape index (κ3) is 3.35. The van der Waals surface area contributed by atoms with Crippen LogP contribution in [0, 0.1) is 6.92 Å². The van der Waals surface area contributed by atoms with Crippen LogP contribution in [0.2, 0.25) is 0 Å². The van der Waals surface area contributed by atoms with Crippen molar-refractivity contribution in [2.75, 3.05) is 19.7 Å². The summed E-state index contributed by atoms with van der Waals surface area (Å²) in [4.78, 5) is 25.8. The Bertz CT molecular complexity index is 889. The molecule has 0 saturated carbocycles. The van der Waals surface area contributed by atoms with E-state index in [2.05, 4.69) is 0 Å². The number of morpholine rings is 1. The summed E-state index contributed by atoms with van der Waals surface area (Å²) in [6, 6.07) is 8.03. The molecule has 7 nitrogen and oxygen atoms in total. The number of ether oxygens (including phenoxy) is 1. The molecule has 142 valence electrons. The van der Waals surface area contributed by atoms with E-state index in [9.17, 15) is 9.59 Å². The molecular weight excluding hydrogens is 346 g/mol. The van der Waals surface area contributed by atoms with Gasteiger partial charge in [0.1, 0.15) is 0 Å². The van der Waals surface area contributed by atoms with Crippen molar-refractivity contribution in [2.24, 2.45) is 0 Å². The molecule has 1 aliphatic carbocycles. The second-order valence-electron chi connectivity index (χ2n) is 7.17. The van der Waals surface area contributed by atoms with Gasteiger partial charge in [0.2, 0.25) is 0 Å². The number of amides is 1. The highest BCUT2D eigenvalue weighted by Gasteiger charge is 2.32. The highest BCUT2D eigenvalue weighted by Crippen LogP contribution is 2.30. The van der Waals surface area contributed by atoms with Crippen LogP contribution in [-0.4, -0.2) is 57.5 Å². The fourth-order valence-corrected chi connectivity index (χ4v) is 3.98. The zero-order valence-corrected chi connectivity index (χ0v) is 15.4. The molecule has 1 atom stereocenters. The lowest BCUT2D eigenvalue weighted by molar-refractivity contribution is -0.141. The van der Waals surface area contributed by atoms with Crippen LogP contribution in [0.1, 0.15) is 40.2 Å². The quantitative estimate of drug-likeness (QED) is 0.891. The lowest BCUT2D eigenvalue weighted by Crippen LogP contribution is -2.46. The van der Waals surface area contributed by atoms with Crippen LogP contribution in [0.5, 0.6) is 0 Å². The van der Waals surface area contributed by atoms with E-state index in [1.807, 2.05) is 35.9 Å². The lowest BCUT2D eigenvalue weighted by Gasteiger charge is -2.32. The number of carbonyl (C=O) groups is 2. The highest BCUT2D eigenvalue weighted by atomic mass is 16.5. The predicted octanol–water partition coefficient (Wildman–Crippen LogP) is 1.99. The smallest absolute Gasteiger partial charge is 0.306 e. The fourth-order valence-electron chi connectivity index (χ4n) is 3.98. The second-order valence-corrected chi connectivity index (χ2v) is 7.17. The van der Waals surface area contributed by atoms with E-state index in [0.717, 1.165) is 41.8 Å². The maximum atomic E-state index is 13.2. The van der Waals surface area contributed by atoms with Gasteiger partial charge in [-0.05, 0) is 37.8 Å². The van der Waals surface area contributed by atoms with Gasteiger partial charge in [0.05, 0.1) is 24.8 Å². The third-order valence-corrected chi connectivity index (χ3v) is 5.30. The second kappa shape index (κ2) is 7.15. The molecule has 1 aliphatic heterocycles. The third-order valence-electron chi connectivity index (χ3n) is 5.30. The zero-order valence-electron chi connectivity index (χ0n) is 15.4. The van der Waals surface area contributed by atoms with Gasteiger partial charge in [0, 0.05) is 24.3 Å². The minimum absolute atomic E-state index is 0.0977. The van der Waals surface area contributed by atoms with Crippen molar-refractivity contribution >= 4 is 11.9 Å². The van der Waals surface area contributed by atoms with Gasteiger partial charge in [-0.25, -0.2) is 4.68 Å². The van der Waals surface area contributed by atoms with Crippen LogP contribution in [0.25, 0.3) is 5.69 Å². The van der Waals surface area contributed by atoms with E-state index in [4.69, 9.17) is 14.9 Å². The van der Waals surface area contributed by atoms with E-state index in [1.54, 1.807) is 4.90 Å². The number of carboxylic acids is 1. The number of fused-ring (bicyclic) bond motifs is 1. The number of hydrogen-bond donors (Lipinski definition) is 1. The number of carbonyl (C=O) groups excluding carboxylic acids is 1. The standard InChI is InChI=1S/C20H23N3O4/c1-13-5-2-3-7-16(13)23-17-8-4-6-15(17)19(21-23)20(26)22-9-10-27-14(12-22)11-18(24)25/h2-3,5,7,14H,4,6,8-12H2,1H3,(H,24,25). The molecule has 0 spiro atoms. The monoisotopic (exact) mass is 369 g/mol. The van der Waals surface area contributed by atoms with Crippen LogP contribution in [-0.2, 0) is 22.4 Å². The summed E-state index contributed by atoms with van der Waals surface area (Å²) in [5.74, 6) is -1.04. The van der Waals surface area contributed by atoms with E-state index < -0.39 is 12.1 Å². The highest BCUT2D eigenvalue weighted by molar-refractivity contribution is 5.94. The van der Waals surface area contributed by atoms with E-state index >= 15 is 0 Å². The molecule has 1 aromatic heterocycles. The number of para-hydroxylation sites is 1. The van der Waals surface area contributed by atoms with Crippen LogP contribution < -0.4 is 0 Å². The minimum Gasteiger partial charge on any atom is -0.481 e. The Labute approximate surface area is 157 Å². The summed E-state index contributed by atoms with van der Waals surface area (Å²) in [7, 11) is 0. The summed E-state index contributed by atoms with van der Waals surface area (Å²) in [6.45, 7) is 3.14. The Balaban J connectivity index is 1.64. The van der Waals surface area contributed by atoms with E-state index in [1.165, 1.54) is 0 Å². The molecule has 1 saturated heterocycles. The molecule has 7 heteroatoms. The maximum Gasteiger partial charge on any atom is 0.306 e. The molecular formula is C20H23N3O4. The molecule has 1 N–H and O–H groups in total. The zero-order chi connectivity index (χ0) is 19.0. The van der Waals surface area contributed by atoms with Gasteiger partial charge in [-0.1, -0.05) is 18.2 Å². The van der Waals surface area contributed by atoms with Crippen molar-refractivity contribution in [2.45, 2.75) is 38.7 Å². The lowest BCUT2D eigenvalue weighted by atomic mass is 10.1. The Hall–Kier alpha value is -2.67. The Morgan fingerprint density at radius 2 is 2.11 bits per heavy atom. The fraction of sp³-hybridized carbons (Fsp3) is 0.450. The first-order chi connectivity index (χ1) is 13.0. The van der Waals surface area contributed by atoms with E-state index in [0.29, 0.717) is 18.8 Å². The molecule has 1 fully saturated rings. The van der Waals surface area contributed by atoms with Crippen molar-refractivity contribution in [1.82, 2.24) is 14.7 Å². The molecule has 1 unspecified atom stereocenters. The van der Waals surface area contributed by atoms with Crippen molar-refractivity contribution in [1.29, 1.82) is 0 Å². The molecule has 2 aromatic rings. The van der Waals surface area contributed by atoms with Gasteiger partial charge >= 0.3 is 5.97 Å². The number of aryl methyl sites for hydroxylation is 1. The van der Waals surface area contributed by atoms with Crippen LogP contribution in [0.3, 0.4) is 0 Å². The summed E-state index contributed by atoms with van der Waals surface area (Å²) < 4.78 is 7.40. The first kappa shape index (κ1) is 17.7. The molecule has 0 bridgehead atoms. The van der Waals surface area contributed by atoms with Crippen LogP contribution in [0.4, 0.5) is 0 Å². The van der Waals surface area contributed by atoms with Gasteiger partial charge in [0.25, 0.3) is 5.91 Å². The predicted molar refractivity (Wildman–Crippen MR) is 98.2 cm³/mol. The molecule has 1 amide bonds. The van der Waals surface area contributed by atoms with Gasteiger partial charge < -0.3 is 14.7 Å². The van der Waals surface area contributed by atoms with E-state index in [-0.39, 0.29) is 18.9 Å².